The van der Waals surface area contributed by atoms with Gasteiger partial charge in [0.1, 0.15) is 0 Å². The van der Waals surface area contributed by atoms with Gasteiger partial charge >= 0.3 is 0 Å². The van der Waals surface area contributed by atoms with Crippen molar-refractivity contribution in [3.8, 4) is 6.07 Å². The summed E-state index contributed by atoms with van der Waals surface area (Å²) < 4.78 is 0. The lowest BCUT2D eigenvalue weighted by atomic mass is 9.80. The van der Waals surface area contributed by atoms with Crippen molar-refractivity contribution >= 4 is 23.4 Å². The number of rotatable bonds is 6. The Kier molecular flexibility index (Phi) is 8.50. The number of carbonyl (C=O) groups is 1. The minimum atomic E-state index is -0.215. The lowest BCUT2D eigenvalue weighted by Crippen LogP contribution is -2.19. The van der Waals surface area contributed by atoms with Crippen molar-refractivity contribution in [2.24, 2.45) is 5.41 Å². The summed E-state index contributed by atoms with van der Waals surface area (Å²) in [5.41, 5.74) is 4.78. The number of benzene rings is 1. The van der Waals surface area contributed by atoms with Gasteiger partial charge in [-0.3, -0.25) is 4.79 Å². The Bertz CT molecular complexity index is 985. The number of nitrogens with zero attached hydrogens (tertiary/aromatic N) is 1. The SMILES string of the molecule is CC1=C(/C=C/C(C)=C/C=C/C(C)=C/C(=O)Nc2cccc(C#N)c2)C(C)(C)CCS1. The second kappa shape index (κ2) is 10.8. The van der Waals surface area contributed by atoms with Crippen LogP contribution >= 0.6 is 11.8 Å². The molecule has 1 amide bonds. The molecule has 1 N–H and O–H groups in total. The molecule has 2 rings (SSSR count). The van der Waals surface area contributed by atoms with Gasteiger partial charge in [0.15, 0.2) is 0 Å². The van der Waals surface area contributed by atoms with Crippen LogP contribution in [-0.2, 0) is 4.79 Å². The number of allylic oxidation sites excluding steroid dienone is 9. The third kappa shape index (κ3) is 7.24. The number of thioether (sulfide) groups is 1. The number of carbonyl (C=O) groups excluding carboxylic acids is 1. The fourth-order valence-electron chi connectivity index (χ4n) is 3.21. The summed E-state index contributed by atoms with van der Waals surface area (Å²) in [6.45, 7) is 10.8. The van der Waals surface area contributed by atoms with E-state index in [0.717, 1.165) is 11.1 Å². The summed E-state index contributed by atoms with van der Waals surface area (Å²) in [6.07, 6.45) is 13.1. The molecule has 0 radical (unpaired) electrons. The van der Waals surface area contributed by atoms with Crippen molar-refractivity contribution < 1.29 is 4.79 Å². The van der Waals surface area contributed by atoms with E-state index in [1.165, 1.54) is 22.7 Å². The van der Waals surface area contributed by atoms with Gasteiger partial charge in [0.25, 0.3) is 0 Å². The first-order valence-electron chi connectivity index (χ1n) is 10.1. The quantitative estimate of drug-likeness (QED) is 0.402. The minimum absolute atomic E-state index is 0.215. The summed E-state index contributed by atoms with van der Waals surface area (Å²) >= 11 is 1.94. The van der Waals surface area contributed by atoms with Gasteiger partial charge in [-0.25, -0.2) is 0 Å². The monoisotopic (exact) mass is 418 g/mol. The number of nitrogens with one attached hydrogen (secondary N) is 1. The van der Waals surface area contributed by atoms with Gasteiger partial charge in [0, 0.05) is 11.8 Å². The molecule has 1 aliphatic rings. The molecule has 4 heteroatoms. The molecule has 1 aromatic rings. The van der Waals surface area contributed by atoms with E-state index in [2.05, 4.69) is 51.2 Å². The van der Waals surface area contributed by atoms with Crippen LogP contribution in [0.1, 0.15) is 46.6 Å². The van der Waals surface area contributed by atoms with Gasteiger partial charge in [-0.1, -0.05) is 55.9 Å². The van der Waals surface area contributed by atoms with E-state index in [0.29, 0.717) is 11.3 Å². The number of amides is 1. The Morgan fingerprint density at radius 1 is 1.23 bits per heavy atom. The number of hydrogen-bond acceptors (Lipinski definition) is 3. The van der Waals surface area contributed by atoms with Crippen molar-refractivity contribution in [3.63, 3.8) is 0 Å². The van der Waals surface area contributed by atoms with Crippen LogP contribution in [0.4, 0.5) is 5.69 Å². The van der Waals surface area contributed by atoms with E-state index in [-0.39, 0.29) is 11.3 Å². The van der Waals surface area contributed by atoms with Crippen molar-refractivity contribution in [3.05, 3.63) is 87.9 Å². The summed E-state index contributed by atoms with van der Waals surface area (Å²) in [7, 11) is 0. The topological polar surface area (TPSA) is 52.9 Å². The molecule has 156 valence electrons. The lowest BCUT2D eigenvalue weighted by molar-refractivity contribution is -0.111. The van der Waals surface area contributed by atoms with Crippen LogP contribution < -0.4 is 5.32 Å². The zero-order valence-corrected chi connectivity index (χ0v) is 19.3. The van der Waals surface area contributed by atoms with E-state index in [1.54, 1.807) is 30.3 Å². The number of hydrogen-bond donors (Lipinski definition) is 1. The predicted octanol–water partition coefficient (Wildman–Crippen LogP) is 6.94. The van der Waals surface area contributed by atoms with Crippen LogP contribution in [0.2, 0.25) is 0 Å². The Hall–Kier alpha value is -2.77. The molecule has 0 unspecified atom stereocenters. The standard InChI is InChI=1S/C26H30N2OS/c1-19(12-13-24-21(3)30-15-14-26(24,4)5)8-6-9-20(2)16-25(29)28-23-11-7-10-22(17-23)18-27/h6-13,16-17H,14-15H2,1-5H3,(H,28,29)/b9-6+,13-12+,19-8+,20-16+. The molecule has 0 spiro atoms. The molecule has 30 heavy (non-hydrogen) atoms. The van der Waals surface area contributed by atoms with Gasteiger partial charge in [-0.15, -0.1) is 11.8 Å². The highest BCUT2D eigenvalue weighted by Crippen LogP contribution is 2.42. The Balaban J connectivity index is 1.98. The van der Waals surface area contributed by atoms with Gasteiger partial charge in [0.2, 0.25) is 5.91 Å². The second-order valence-electron chi connectivity index (χ2n) is 8.13. The zero-order valence-electron chi connectivity index (χ0n) is 18.5. The average molecular weight is 419 g/mol. The first kappa shape index (κ1) is 23.5. The first-order chi connectivity index (χ1) is 14.2. The molecular weight excluding hydrogens is 388 g/mol. The third-order valence-electron chi connectivity index (χ3n) is 5.00. The van der Waals surface area contributed by atoms with E-state index >= 15 is 0 Å². The van der Waals surface area contributed by atoms with E-state index in [1.807, 2.05) is 36.9 Å². The zero-order chi connectivity index (χ0) is 22.1. The van der Waals surface area contributed by atoms with Crippen molar-refractivity contribution in [2.75, 3.05) is 11.1 Å². The Labute approximate surface area is 185 Å². The fraction of sp³-hybridized carbons (Fsp3) is 0.308. The van der Waals surface area contributed by atoms with Crippen LogP contribution in [0.5, 0.6) is 0 Å². The summed E-state index contributed by atoms with van der Waals surface area (Å²) in [5, 5.41) is 11.7. The van der Waals surface area contributed by atoms with Crippen molar-refractivity contribution in [1.82, 2.24) is 0 Å². The maximum Gasteiger partial charge on any atom is 0.248 e. The molecular formula is C26H30N2OS. The van der Waals surface area contributed by atoms with Crippen molar-refractivity contribution in [1.29, 1.82) is 5.26 Å². The van der Waals surface area contributed by atoms with Gasteiger partial charge < -0.3 is 5.32 Å². The normalized spacial score (nSPS) is 17.5. The molecule has 1 aromatic carbocycles. The van der Waals surface area contributed by atoms with E-state index in [9.17, 15) is 4.79 Å². The maximum atomic E-state index is 12.2. The van der Waals surface area contributed by atoms with Crippen LogP contribution in [0, 0.1) is 16.7 Å². The summed E-state index contributed by atoms with van der Waals surface area (Å²) in [4.78, 5) is 13.6. The molecule has 0 fully saturated rings. The van der Waals surface area contributed by atoms with Crippen LogP contribution in [-0.4, -0.2) is 11.7 Å². The first-order valence-corrected chi connectivity index (χ1v) is 11.1. The molecule has 0 atom stereocenters. The molecule has 0 bridgehead atoms. The van der Waals surface area contributed by atoms with Crippen molar-refractivity contribution in [2.45, 2.75) is 41.0 Å². The fourth-order valence-corrected chi connectivity index (χ4v) is 4.63. The molecule has 0 saturated heterocycles. The van der Waals surface area contributed by atoms with Crippen LogP contribution in [0.25, 0.3) is 0 Å². The largest absolute Gasteiger partial charge is 0.322 e. The van der Waals surface area contributed by atoms with E-state index < -0.39 is 0 Å². The second-order valence-corrected chi connectivity index (χ2v) is 9.43. The average Bonchev–Trinajstić information content (AvgIpc) is 2.67. The molecule has 0 aromatic heterocycles. The molecule has 0 saturated carbocycles. The highest BCUT2D eigenvalue weighted by Gasteiger charge is 2.26. The lowest BCUT2D eigenvalue weighted by Gasteiger charge is -2.32. The van der Waals surface area contributed by atoms with Gasteiger partial charge in [0.05, 0.1) is 11.6 Å². The van der Waals surface area contributed by atoms with Gasteiger partial charge in [-0.2, -0.15) is 5.26 Å². The predicted molar refractivity (Wildman–Crippen MR) is 129 cm³/mol. The number of anilines is 1. The molecule has 3 nitrogen and oxygen atoms in total. The van der Waals surface area contributed by atoms with E-state index in [4.69, 9.17) is 5.26 Å². The highest BCUT2D eigenvalue weighted by atomic mass is 32.2. The highest BCUT2D eigenvalue weighted by molar-refractivity contribution is 8.03. The molecule has 0 aliphatic carbocycles. The molecule has 1 aliphatic heterocycles. The smallest absolute Gasteiger partial charge is 0.248 e. The van der Waals surface area contributed by atoms with Gasteiger partial charge in [-0.05, 0) is 72.6 Å². The van der Waals surface area contributed by atoms with Crippen LogP contribution in [0.15, 0.2) is 82.3 Å². The Morgan fingerprint density at radius 3 is 2.70 bits per heavy atom. The number of nitriles is 1. The summed E-state index contributed by atoms with van der Waals surface area (Å²) in [5.74, 6) is 0.976. The maximum absolute atomic E-state index is 12.2. The Morgan fingerprint density at radius 2 is 2.00 bits per heavy atom. The summed E-state index contributed by atoms with van der Waals surface area (Å²) in [6, 6.07) is 8.93. The third-order valence-corrected chi connectivity index (χ3v) is 6.06. The molecule has 1 heterocycles. The van der Waals surface area contributed by atoms with Crippen LogP contribution in [0.3, 0.4) is 0 Å². The minimum Gasteiger partial charge on any atom is -0.322 e.